The van der Waals surface area contributed by atoms with Crippen LogP contribution in [0.5, 0.6) is 5.75 Å². The van der Waals surface area contributed by atoms with E-state index >= 15 is 0 Å². The van der Waals surface area contributed by atoms with Crippen LogP contribution >= 0.6 is 0 Å². The summed E-state index contributed by atoms with van der Waals surface area (Å²) in [4.78, 5) is 12.6. The molecular weight excluding hydrogens is 466 g/mol. The summed E-state index contributed by atoms with van der Waals surface area (Å²) in [5, 5.41) is 46.3. The maximum atomic E-state index is 12.6. The number of rotatable bonds is 6. The lowest BCUT2D eigenvalue weighted by Gasteiger charge is -2.63. The number of amides is 1. The van der Waals surface area contributed by atoms with E-state index in [0.717, 1.165) is 51.4 Å². The number of aromatic hydroxyl groups is 1. The van der Waals surface area contributed by atoms with Gasteiger partial charge in [-0.1, -0.05) is 39.0 Å². The van der Waals surface area contributed by atoms with Gasteiger partial charge in [0.25, 0.3) is 0 Å². The van der Waals surface area contributed by atoms with Crippen molar-refractivity contribution in [2.75, 3.05) is 0 Å². The Morgan fingerprint density at radius 2 is 1.81 bits per heavy atom. The van der Waals surface area contributed by atoms with E-state index in [1.54, 1.807) is 12.1 Å². The highest BCUT2D eigenvalue weighted by Crippen LogP contribution is 2.68. The Bertz CT molecular complexity index is 984. The number of para-hydroxylation sites is 1. The number of benzene rings is 1. The summed E-state index contributed by atoms with van der Waals surface area (Å²) in [5.41, 5.74) is 0.551. The lowest BCUT2D eigenvalue weighted by molar-refractivity contribution is -0.207. The quantitative estimate of drug-likeness (QED) is 0.388. The van der Waals surface area contributed by atoms with Gasteiger partial charge in [-0.15, -0.1) is 0 Å². The van der Waals surface area contributed by atoms with Crippen molar-refractivity contribution >= 4 is 5.91 Å². The molecule has 206 valence electrons. The SMILES string of the molecule is C[C@H](CCC(=O)NCc1ccccc1O)[C@H]1CC[C@H]2[C@@H]3[C@H](O)C[C@@H]4C[C@H](O)CC[C@]4(C)[C@H]3C[C@H](O)[C@]12C. The number of nitrogens with one attached hydrogen (secondary N) is 1. The van der Waals surface area contributed by atoms with Gasteiger partial charge < -0.3 is 25.7 Å². The van der Waals surface area contributed by atoms with E-state index in [9.17, 15) is 25.2 Å². The molecule has 0 radical (unpaired) electrons. The molecule has 6 heteroatoms. The Labute approximate surface area is 221 Å². The van der Waals surface area contributed by atoms with Crippen molar-refractivity contribution in [3.05, 3.63) is 29.8 Å². The maximum absolute atomic E-state index is 12.6. The van der Waals surface area contributed by atoms with Crippen LogP contribution in [-0.2, 0) is 11.3 Å². The predicted molar refractivity (Wildman–Crippen MR) is 142 cm³/mol. The molecule has 4 fully saturated rings. The summed E-state index contributed by atoms with van der Waals surface area (Å²) in [5.74, 6) is 1.94. The molecular formula is C31H47NO5. The number of aliphatic hydroxyl groups excluding tert-OH is 3. The first kappa shape index (κ1) is 27.0. The van der Waals surface area contributed by atoms with Crippen molar-refractivity contribution in [1.82, 2.24) is 5.32 Å². The number of phenols is 1. The van der Waals surface area contributed by atoms with Gasteiger partial charge in [-0.25, -0.2) is 0 Å². The molecule has 4 aliphatic carbocycles. The molecule has 0 aliphatic heterocycles. The molecule has 0 aromatic heterocycles. The molecule has 6 nitrogen and oxygen atoms in total. The molecule has 11 atom stereocenters. The number of phenolic OH excluding ortho intramolecular Hbond substituents is 1. The first-order chi connectivity index (χ1) is 17.6. The van der Waals surface area contributed by atoms with Gasteiger partial charge in [0.2, 0.25) is 5.91 Å². The van der Waals surface area contributed by atoms with Gasteiger partial charge in [-0.2, -0.15) is 0 Å². The fraction of sp³-hybridized carbons (Fsp3) is 0.774. The Morgan fingerprint density at radius 1 is 1.05 bits per heavy atom. The lowest BCUT2D eigenvalue weighted by atomic mass is 9.43. The molecule has 1 aromatic rings. The fourth-order valence-corrected chi connectivity index (χ4v) is 9.63. The highest BCUT2D eigenvalue weighted by Gasteiger charge is 2.65. The van der Waals surface area contributed by atoms with E-state index < -0.39 is 6.10 Å². The topological polar surface area (TPSA) is 110 Å². The van der Waals surface area contributed by atoms with Crippen molar-refractivity contribution in [3.63, 3.8) is 0 Å². The first-order valence-electron chi connectivity index (χ1n) is 14.6. The van der Waals surface area contributed by atoms with E-state index in [1.807, 2.05) is 12.1 Å². The van der Waals surface area contributed by atoms with Crippen molar-refractivity contribution in [2.24, 2.45) is 46.3 Å². The zero-order chi connectivity index (χ0) is 26.5. The van der Waals surface area contributed by atoms with Gasteiger partial charge in [0.1, 0.15) is 5.75 Å². The van der Waals surface area contributed by atoms with Gasteiger partial charge in [-0.3, -0.25) is 4.79 Å². The Hall–Kier alpha value is -1.63. The minimum atomic E-state index is -0.404. The lowest BCUT2D eigenvalue weighted by Crippen LogP contribution is -2.62. The van der Waals surface area contributed by atoms with Gasteiger partial charge in [0, 0.05) is 18.5 Å². The minimum Gasteiger partial charge on any atom is -0.508 e. The third kappa shape index (κ3) is 4.61. The van der Waals surface area contributed by atoms with Crippen LogP contribution in [0.3, 0.4) is 0 Å². The monoisotopic (exact) mass is 513 g/mol. The van der Waals surface area contributed by atoms with Crippen LogP contribution in [0.15, 0.2) is 24.3 Å². The van der Waals surface area contributed by atoms with Gasteiger partial charge in [0.15, 0.2) is 0 Å². The van der Waals surface area contributed by atoms with Crippen LogP contribution in [0.2, 0.25) is 0 Å². The summed E-state index contributed by atoms with van der Waals surface area (Å²) in [7, 11) is 0. The van der Waals surface area contributed by atoms with Crippen LogP contribution in [0.1, 0.15) is 84.1 Å². The molecule has 4 aliphatic rings. The Morgan fingerprint density at radius 3 is 2.57 bits per heavy atom. The van der Waals surface area contributed by atoms with Crippen LogP contribution in [0.25, 0.3) is 0 Å². The maximum Gasteiger partial charge on any atom is 0.220 e. The number of hydrogen-bond acceptors (Lipinski definition) is 5. The molecule has 5 N–H and O–H groups in total. The minimum absolute atomic E-state index is 0.0137. The van der Waals surface area contributed by atoms with Crippen LogP contribution in [0, 0.1) is 46.3 Å². The molecule has 5 rings (SSSR count). The summed E-state index contributed by atoms with van der Waals surface area (Å²) >= 11 is 0. The smallest absolute Gasteiger partial charge is 0.220 e. The molecule has 0 unspecified atom stereocenters. The Balaban J connectivity index is 1.24. The van der Waals surface area contributed by atoms with Crippen molar-refractivity contribution in [3.8, 4) is 5.75 Å². The largest absolute Gasteiger partial charge is 0.508 e. The molecule has 1 aromatic carbocycles. The second-order valence-corrected chi connectivity index (χ2v) is 13.4. The number of carbonyl (C=O) groups excluding carboxylic acids is 1. The number of aliphatic hydroxyl groups is 3. The average molecular weight is 514 g/mol. The highest BCUT2D eigenvalue weighted by atomic mass is 16.3. The van der Waals surface area contributed by atoms with Crippen molar-refractivity contribution < 1.29 is 25.2 Å². The second-order valence-electron chi connectivity index (χ2n) is 13.4. The third-order valence-corrected chi connectivity index (χ3v) is 11.8. The molecule has 0 bridgehead atoms. The van der Waals surface area contributed by atoms with E-state index in [-0.39, 0.29) is 40.6 Å². The molecule has 4 saturated carbocycles. The summed E-state index contributed by atoms with van der Waals surface area (Å²) in [6.07, 6.45) is 6.34. The summed E-state index contributed by atoms with van der Waals surface area (Å²) < 4.78 is 0. The van der Waals surface area contributed by atoms with E-state index in [2.05, 4.69) is 26.1 Å². The van der Waals surface area contributed by atoms with Gasteiger partial charge in [0.05, 0.1) is 18.3 Å². The van der Waals surface area contributed by atoms with Gasteiger partial charge in [-0.05, 0) is 104 Å². The predicted octanol–water partition coefficient (Wildman–Crippen LogP) is 4.39. The number of fused-ring (bicyclic) bond motifs is 5. The standard InChI is InChI=1S/C31H47NO5/c1-18(8-11-28(37)32-17-19-6-4-5-7-25(19)34)22-9-10-23-29-24(16-27(36)31(22,23)3)30(2)13-12-21(33)14-20(30)15-26(29)35/h4-7,18,20-24,26-27,29,33-36H,8-17H2,1-3H3,(H,32,37)/t18-,20+,21-,22-,23+,24+,26-,27+,29+,30+,31-/m1/s1. The normalized spacial score (nSPS) is 43.8. The number of hydrogen-bond donors (Lipinski definition) is 5. The zero-order valence-corrected chi connectivity index (χ0v) is 22.8. The fourth-order valence-electron chi connectivity index (χ4n) is 9.63. The molecule has 0 spiro atoms. The molecule has 0 heterocycles. The van der Waals surface area contributed by atoms with Crippen LogP contribution in [0.4, 0.5) is 0 Å². The van der Waals surface area contributed by atoms with E-state index in [1.165, 1.54) is 0 Å². The molecule has 0 saturated heterocycles. The first-order valence-corrected chi connectivity index (χ1v) is 14.6. The Kier molecular flexibility index (Phi) is 7.40. The average Bonchev–Trinajstić information content (AvgIpc) is 3.22. The van der Waals surface area contributed by atoms with Crippen LogP contribution in [-0.4, -0.2) is 44.6 Å². The zero-order valence-electron chi connectivity index (χ0n) is 22.8. The second kappa shape index (κ2) is 10.2. The van der Waals surface area contributed by atoms with Crippen LogP contribution < -0.4 is 5.32 Å². The van der Waals surface area contributed by atoms with Crippen molar-refractivity contribution in [1.29, 1.82) is 0 Å². The number of carbonyl (C=O) groups is 1. The molecule has 1 amide bonds. The van der Waals surface area contributed by atoms with E-state index in [0.29, 0.717) is 48.1 Å². The van der Waals surface area contributed by atoms with E-state index in [4.69, 9.17) is 0 Å². The van der Waals surface area contributed by atoms with Crippen molar-refractivity contribution in [2.45, 2.75) is 103 Å². The third-order valence-electron chi connectivity index (χ3n) is 11.8. The van der Waals surface area contributed by atoms with Gasteiger partial charge >= 0.3 is 0 Å². The highest BCUT2D eigenvalue weighted by molar-refractivity contribution is 5.75. The summed E-state index contributed by atoms with van der Waals surface area (Å²) in [6, 6.07) is 7.06. The molecule has 37 heavy (non-hydrogen) atoms. The summed E-state index contributed by atoms with van der Waals surface area (Å²) in [6.45, 7) is 7.17.